The average molecular weight is 556 g/mol. The minimum Gasteiger partial charge on any atom is -0.323 e. The van der Waals surface area contributed by atoms with Gasteiger partial charge in [0.1, 0.15) is 0 Å². The van der Waals surface area contributed by atoms with Gasteiger partial charge in [-0.1, -0.05) is 0 Å². The van der Waals surface area contributed by atoms with E-state index in [4.69, 9.17) is 0 Å². The molecule has 0 N–H and O–H groups in total. The fourth-order valence-electron chi connectivity index (χ4n) is 0. The summed E-state index contributed by atoms with van der Waals surface area (Å²) in [6, 6.07) is 0. The molecule has 0 unspecified atom stereocenters. The molecule has 0 heterocycles. The second-order valence-electron chi connectivity index (χ2n) is 9.00. The van der Waals surface area contributed by atoms with Gasteiger partial charge in [-0.2, -0.15) is 125 Å². The summed E-state index contributed by atoms with van der Waals surface area (Å²) in [5.41, 5.74) is 0. The Kier molecular flexibility index (Phi) is 88.2. The van der Waals surface area contributed by atoms with Crippen LogP contribution in [0, 0.1) is 35.5 Å². The van der Waals surface area contributed by atoms with E-state index in [1.807, 2.05) is 0 Å². The molecule has 0 spiro atoms. The van der Waals surface area contributed by atoms with Gasteiger partial charge in [0.25, 0.3) is 0 Å². The maximum atomic E-state index is 2.08. The third-order valence-electron chi connectivity index (χ3n) is 0. The van der Waals surface area contributed by atoms with Crippen molar-refractivity contribution in [3.05, 3.63) is 35.5 Å². The van der Waals surface area contributed by atoms with Crippen molar-refractivity contribution in [1.29, 1.82) is 0 Å². The van der Waals surface area contributed by atoms with E-state index in [2.05, 4.69) is 125 Å². The first-order valence-electron chi connectivity index (χ1n) is 9.00. The van der Waals surface area contributed by atoms with Crippen LogP contribution >= 0.6 is 0 Å². The predicted molar refractivity (Wildman–Crippen MR) is 122 cm³/mol. The summed E-state index contributed by atoms with van der Waals surface area (Å²) in [6.45, 7) is 37.5. The summed E-state index contributed by atoms with van der Waals surface area (Å²) in [5.74, 6) is 8.50. The molecule has 0 fully saturated rings. The van der Waals surface area contributed by atoms with Gasteiger partial charge in [0, 0.05) is 40.8 Å². The van der Waals surface area contributed by atoms with Crippen LogP contribution in [0.25, 0.3) is 0 Å². The van der Waals surface area contributed by atoms with E-state index < -0.39 is 0 Å². The zero-order valence-corrected chi connectivity index (χ0v) is 24.7. The summed E-state index contributed by atoms with van der Waals surface area (Å²) < 4.78 is 0. The summed E-state index contributed by atoms with van der Waals surface area (Å²) in [5, 5.41) is 0. The Hall–Kier alpha value is 1.32. The minimum atomic E-state index is 0. The summed E-state index contributed by atoms with van der Waals surface area (Å²) in [6.07, 6.45) is 0. The van der Waals surface area contributed by atoms with E-state index in [1.165, 1.54) is 35.5 Å². The maximum Gasteiger partial charge on any atom is 0 e. The molecule has 0 rings (SSSR count). The molecule has 0 aliphatic carbocycles. The second-order valence-corrected chi connectivity index (χ2v) is 9.00. The van der Waals surface area contributed by atoms with Gasteiger partial charge in [-0.15, -0.1) is 0 Å². The normalized spacial score (nSPS) is 8.31. The largest absolute Gasteiger partial charge is 0.323 e. The van der Waals surface area contributed by atoms with Gasteiger partial charge in [-0.3, -0.25) is 0 Å². The number of hydrogen-bond donors (Lipinski definition) is 0. The van der Waals surface area contributed by atoms with Crippen molar-refractivity contribution in [2.75, 3.05) is 0 Å². The maximum absolute atomic E-state index is 2.08. The molecule has 0 radical (unpaired) electrons. The fraction of sp³-hybridized carbons (Fsp3) is 0.750. The van der Waals surface area contributed by atoms with Crippen molar-refractivity contribution in [3.63, 3.8) is 0 Å². The van der Waals surface area contributed by atoms with Gasteiger partial charge in [-0.05, 0) is 0 Å². The molecule has 0 aliphatic rings. The number of hydrogen-bond acceptors (Lipinski definition) is 0. The van der Waals surface area contributed by atoms with E-state index in [0.717, 1.165) is 0 Å². The smallest absolute Gasteiger partial charge is 0 e. The molecule has 0 bridgehead atoms. The second kappa shape index (κ2) is 45.2. The summed E-state index contributed by atoms with van der Waals surface area (Å²) in [4.78, 5) is 0. The van der Waals surface area contributed by atoms with Gasteiger partial charge in [0.2, 0.25) is 0 Å². The van der Waals surface area contributed by atoms with Gasteiger partial charge in [0.05, 0.1) is 0 Å². The van der Waals surface area contributed by atoms with Gasteiger partial charge >= 0.3 is 0 Å². The first-order chi connectivity index (χ1) is 10.4. The molecule has 0 aromatic heterocycles. The SMILES string of the molecule is C[C-](C)C.C[C-](C)C.C[C-](C)C.C[C-](C)C.C[C-](C)C.C[C-](C)C.[Pd].[Pd]. The molecular weight excluding hydrogens is 501 g/mol. The zero-order valence-electron chi connectivity index (χ0n) is 21.6. The van der Waals surface area contributed by atoms with E-state index in [1.54, 1.807) is 0 Å². The monoisotopic (exact) mass is 554 g/mol. The standard InChI is InChI=1S/6C4H9.2Pd/c6*1-4(2)3;;/h6*1-3H3;;/q6*-1;;. The number of rotatable bonds is 0. The molecular formula is C24H54Pd2-6. The predicted octanol–water partition coefficient (Wildman–Crippen LogP) is 9.72. The van der Waals surface area contributed by atoms with Gasteiger partial charge < -0.3 is 35.5 Å². The molecule has 176 valence electrons. The van der Waals surface area contributed by atoms with Crippen LogP contribution in [0.2, 0.25) is 0 Å². The molecule has 2 heteroatoms. The fourth-order valence-corrected chi connectivity index (χ4v) is 0. The third-order valence-corrected chi connectivity index (χ3v) is 0. The Labute approximate surface area is 200 Å². The van der Waals surface area contributed by atoms with Crippen LogP contribution in [0.5, 0.6) is 0 Å². The summed E-state index contributed by atoms with van der Waals surface area (Å²) >= 11 is 0. The molecule has 0 aliphatic heterocycles. The topological polar surface area (TPSA) is 0 Å². The quantitative estimate of drug-likeness (QED) is 0.206. The Morgan fingerprint density at radius 2 is 0.192 bits per heavy atom. The first kappa shape index (κ1) is 50.7. The first-order valence-corrected chi connectivity index (χ1v) is 9.00. The van der Waals surface area contributed by atoms with Crippen molar-refractivity contribution in [3.8, 4) is 0 Å². The van der Waals surface area contributed by atoms with Crippen molar-refractivity contribution >= 4 is 0 Å². The minimum absolute atomic E-state index is 0. The average Bonchev–Trinajstić information content (AvgIpc) is 2.08. The zero-order chi connectivity index (χ0) is 21.5. The van der Waals surface area contributed by atoms with Crippen molar-refractivity contribution in [2.45, 2.75) is 125 Å². The van der Waals surface area contributed by atoms with E-state index in [0.29, 0.717) is 0 Å². The molecule has 0 nitrogen and oxygen atoms in total. The van der Waals surface area contributed by atoms with Crippen LogP contribution in [0.3, 0.4) is 0 Å². The Morgan fingerprint density at radius 1 is 0.192 bits per heavy atom. The van der Waals surface area contributed by atoms with Crippen molar-refractivity contribution in [1.82, 2.24) is 0 Å². The van der Waals surface area contributed by atoms with Crippen LogP contribution in [0.1, 0.15) is 125 Å². The Balaban J connectivity index is -0.0000000245. The molecule has 26 heavy (non-hydrogen) atoms. The summed E-state index contributed by atoms with van der Waals surface area (Å²) in [7, 11) is 0. The van der Waals surface area contributed by atoms with Crippen LogP contribution in [0.15, 0.2) is 0 Å². The molecule has 0 saturated heterocycles. The van der Waals surface area contributed by atoms with E-state index >= 15 is 0 Å². The van der Waals surface area contributed by atoms with Gasteiger partial charge in [-0.25, -0.2) is 0 Å². The Morgan fingerprint density at radius 3 is 0.192 bits per heavy atom. The van der Waals surface area contributed by atoms with Crippen molar-refractivity contribution in [2.24, 2.45) is 0 Å². The van der Waals surface area contributed by atoms with Crippen LogP contribution in [-0.2, 0) is 40.8 Å². The molecule has 0 aromatic carbocycles. The van der Waals surface area contributed by atoms with Crippen LogP contribution in [0.4, 0.5) is 0 Å². The molecule has 0 saturated carbocycles. The molecule has 0 atom stereocenters. The van der Waals surface area contributed by atoms with Gasteiger partial charge in [0.15, 0.2) is 0 Å². The molecule has 0 aromatic rings. The third kappa shape index (κ3) is 8540. The van der Waals surface area contributed by atoms with E-state index in [-0.39, 0.29) is 40.8 Å². The Bertz CT molecular complexity index is 85.2. The molecule has 0 amide bonds. The van der Waals surface area contributed by atoms with E-state index in [9.17, 15) is 0 Å². The van der Waals surface area contributed by atoms with Crippen LogP contribution in [-0.4, -0.2) is 0 Å². The van der Waals surface area contributed by atoms with Crippen LogP contribution < -0.4 is 0 Å². The van der Waals surface area contributed by atoms with Crippen molar-refractivity contribution < 1.29 is 40.8 Å².